The average Bonchev–Trinajstić information content (AvgIpc) is 3.04. The van der Waals surface area contributed by atoms with Crippen LogP contribution < -0.4 is 5.32 Å². The van der Waals surface area contributed by atoms with Gasteiger partial charge in [-0.25, -0.2) is 4.79 Å². The number of hydrogen-bond donors (Lipinski definition) is 1. The highest BCUT2D eigenvalue weighted by molar-refractivity contribution is 6.04. The van der Waals surface area contributed by atoms with Crippen LogP contribution in [0.3, 0.4) is 0 Å². The molecule has 0 atom stereocenters. The molecule has 0 aliphatic heterocycles. The number of aromatic nitrogens is 1. The van der Waals surface area contributed by atoms with E-state index in [0.717, 1.165) is 22.9 Å². The maximum atomic E-state index is 12.5. The summed E-state index contributed by atoms with van der Waals surface area (Å²) in [7, 11) is 0. The molecule has 1 heterocycles. The summed E-state index contributed by atoms with van der Waals surface area (Å²) in [5.74, 6) is -0.770. The minimum atomic E-state index is -0.486. The zero-order valence-electron chi connectivity index (χ0n) is 14.8. The molecule has 0 bridgehead atoms. The van der Waals surface area contributed by atoms with Crippen LogP contribution in [0.25, 0.3) is 10.9 Å². The average molecular weight is 350 g/mol. The third-order valence-electron chi connectivity index (χ3n) is 4.11. The van der Waals surface area contributed by atoms with Gasteiger partial charge in [-0.2, -0.15) is 0 Å². The Labute approximate surface area is 152 Å². The molecule has 134 valence electrons. The highest BCUT2D eigenvalue weighted by Gasteiger charge is 2.17. The van der Waals surface area contributed by atoms with Gasteiger partial charge in [0, 0.05) is 30.2 Å². The molecule has 0 radical (unpaired) electrons. The Morgan fingerprint density at radius 1 is 1.04 bits per heavy atom. The fourth-order valence-electron chi connectivity index (χ4n) is 2.84. The van der Waals surface area contributed by atoms with Gasteiger partial charge in [-0.15, -0.1) is 0 Å². The standard InChI is InChI=1S/C21H22N2O3/c1-2-12-22-20(24)15-26-21(25)18-14-23(13-16-8-4-3-5-9-16)19-11-7-6-10-17(18)19/h3-11,14H,2,12-13,15H2,1H3,(H,22,24). The summed E-state index contributed by atoms with van der Waals surface area (Å²) in [5, 5.41) is 3.51. The Morgan fingerprint density at radius 3 is 2.54 bits per heavy atom. The van der Waals surface area contributed by atoms with Crippen LogP contribution in [0.4, 0.5) is 0 Å². The number of nitrogens with zero attached hydrogens (tertiary/aromatic N) is 1. The Kier molecular flexibility index (Phi) is 5.69. The summed E-state index contributed by atoms with van der Waals surface area (Å²) in [6, 6.07) is 17.8. The molecule has 2 aromatic carbocycles. The first-order valence-electron chi connectivity index (χ1n) is 8.74. The Hall–Kier alpha value is -3.08. The molecule has 3 rings (SSSR count). The van der Waals surface area contributed by atoms with Crippen molar-refractivity contribution in [2.24, 2.45) is 0 Å². The maximum absolute atomic E-state index is 12.5. The van der Waals surface area contributed by atoms with Gasteiger partial charge in [-0.3, -0.25) is 4.79 Å². The lowest BCUT2D eigenvalue weighted by molar-refractivity contribution is -0.124. The first kappa shape index (κ1) is 17.7. The lowest BCUT2D eigenvalue weighted by Crippen LogP contribution is -2.29. The van der Waals surface area contributed by atoms with Crippen molar-refractivity contribution in [3.63, 3.8) is 0 Å². The number of hydrogen-bond acceptors (Lipinski definition) is 3. The van der Waals surface area contributed by atoms with E-state index in [-0.39, 0.29) is 12.5 Å². The first-order chi connectivity index (χ1) is 12.7. The van der Waals surface area contributed by atoms with E-state index in [1.54, 1.807) is 6.20 Å². The van der Waals surface area contributed by atoms with E-state index in [2.05, 4.69) is 5.32 Å². The Balaban J connectivity index is 1.80. The lowest BCUT2D eigenvalue weighted by atomic mass is 10.2. The fourth-order valence-corrected chi connectivity index (χ4v) is 2.84. The molecule has 0 unspecified atom stereocenters. The van der Waals surface area contributed by atoms with Crippen LogP contribution in [0.2, 0.25) is 0 Å². The topological polar surface area (TPSA) is 60.3 Å². The van der Waals surface area contributed by atoms with Gasteiger partial charge in [0.15, 0.2) is 6.61 Å². The molecule has 0 aliphatic carbocycles. The zero-order valence-corrected chi connectivity index (χ0v) is 14.8. The van der Waals surface area contributed by atoms with Gasteiger partial charge in [0.2, 0.25) is 0 Å². The molecular weight excluding hydrogens is 328 g/mol. The van der Waals surface area contributed by atoms with Gasteiger partial charge in [-0.05, 0) is 18.1 Å². The quantitative estimate of drug-likeness (QED) is 0.665. The number of amides is 1. The van der Waals surface area contributed by atoms with Crippen molar-refractivity contribution >= 4 is 22.8 Å². The van der Waals surface area contributed by atoms with E-state index in [4.69, 9.17) is 4.74 Å². The third-order valence-corrected chi connectivity index (χ3v) is 4.11. The molecule has 5 heteroatoms. The second-order valence-electron chi connectivity index (χ2n) is 6.10. The van der Waals surface area contributed by atoms with Crippen molar-refractivity contribution in [3.8, 4) is 0 Å². The van der Waals surface area contributed by atoms with Crippen molar-refractivity contribution < 1.29 is 14.3 Å². The number of para-hydroxylation sites is 1. The largest absolute Gasteiger partial charge is 0.452 e. The Morgan fingerprint density at radius 2 is 1.77 bits per heavy atom. The van der Waals surface area contributed by atoms with Gasteiger partial charge in [-0.1, -0.05) is 55.5 Å². The first-order valence-corrected chi connectivity index (χ1v) is 8.74. The van der Waals surface area contributed by atoms with E-state index < -0.39 is 5.97 Å². The molecular formula is C21H22N2O3. The molecule has 0 aliphatic rings. The molecule has 1 amide bonds. The van der Waals surface area contributed by atoms with Gasteiger partial charge >= 0.3 is 5.97 Å². The summed E-state index contributed by atoms with van der Waals surface area (Å²) < 4.78 is 7.22. The summed E-state index contributed by atoms with van der Waals surface area (Å²) >= 11 is 0. The molecule has 0 saturated heterocycles. The van der Waals surface area contributed by atoms with Gasteiger partial charge in [0.25, 0.3) is 5.91 Å². The molecule has 0 fully saturated rings. The molecule has 5 nitrogen and oxygen atoms in total. The molecule has 1 aromatic heterocycles. The summed E-state index contributed by atoms with van der Waals surface area (Å²) in [4.78, 5) is 24.1. The normalized spacial score (nSPS) is 10.7. The van der Waals surface area contributed by atoms with E-state index in [1.807, 2.05) is 66.1 Å². The summed E-state index contributed by atoms with van der Waals surface area (Å²) in [6.07, 6.45) is 2.64. The predicted molar refractivity (Wildman–Crippen MR) is 101 cm³/mol. The monoisotopic (exact) mass is 350 g/mol. The van der Waals surface area contributed by atoms with Gasteiger partial charge in [0.1, 0.15) is 0 Å². The van der Waals surface area contributed by atoms with Crippen molar-refractivity contribution in [3.05, 3.63) is 71.9 Å². The maximum Gasteiger partial charge on any atom is 0.340 e. The number of rotatable bonds is 7. The number of carbonyl (C=O) groups is 2. The SMILES string of the molecule is CCCNC(=O)COC(=O)c1cn(Cc2ccccc2)c2ccccc12. The van der Waals surface area contributed by atoms with Crippen molar-refractivity contribution in [1.29, 1.82) is 0 Å². The summed E-state index contributed by atoms with van der Waals surface area (Å²) in [6.45, 7) is 2.93. The minimum Gasteiger partial charge on any atom is -0.452 e. The second-order valence-corrected chi connectivity index (χ2v) is 6.10. The zero-order chi connectivity index (χ0) is 18.4. The fraction of sp³-hybridized carbons (Fsp3) is 0.238. The number of carbonyl (C=O) groups excluding carboxylic acids is 2. The smallest absolute Gasteiger partial charge is 0.340 e. The van der Waals surface area contributed by atoms with Crippen LogP contribution in [0.5, 0.6) is 0 Å². The molecule has 0 spiro atoms. The summed E-state index contributed by atoms with van der Waals surface area (Å²) in [5.41, 5.74) is 2.57. The lowest BCUT2D eigenvalue weighted by Gasteiger charge is -2.05. The highest BCUT2D eigenvalue weighted by Crippen LogP contribution is 2.23. The number of fused-ring (bicyclic) bond motifs is 1. The van der Waals surface area contributed by atoms with E-state index in [0.29, 0.717) is 18.7 Å². The molecule has 1 N–H and O–H groups in total. The van der Waals surface area contributed by atoms with Crippen LogP contribution in [-0.4, -0.2) is 29.6 Å². The van der Waals surface area contributed by atoms with Crippen molar-refractivity contribution in [1.82, 2.24) is 9.88 Å². The predicted octanol–water partition coefficient (Wildman–Crippen LogP) is 3.37. The number of esters is 1. The minimum absolute atomic E-state index is 0.267. The van der Waals surface area contributed by atoms with E-state index >= 15 is 0 Å². The van der Waals surface area contributed by atoms with E-state index in [1.165, 1.54) is 0 Å². The van der Waals surface area contributed by atoms with Crippen molar-refractivity contribution in [2.45, 2.75) is 19.9 Å². The van der Waals surface area contributed by atoms with Gasteiger partial charge in [0.05, 0.1) is 5.56 Å². The number of benzene rings is 2. The molecule has 3 aromatic rings. The highest BCUT2D eigenvalue weighted by atomic mass is 16.5. The number of ether oxygens (including phenoxy) is 1. The van der Waals surface area contributed by atoms with Crippen LogP contribution in [0.1, 0.15) is 29.3 Å². The Bertz CT molecular complexity index is 900. The van der Waals surface area contributed by atoms with Crippen molar-refractivity contribution in [2.75, 3.05) is 13.2 Å². The third kappa shape index (κ3) is 4.11. The van der Waals surface area contributed by atoms with Crippen LogP contribution >= 0.6 is 0 Å². The molecule has 26 heavy (non-hydrogen) atoms. The second kappa shape index (κ2) is 8.34. The molecule has 0 saturated carbocycles. The van der Waals surface area contributed by atoms with Gasteiger partial charge < -0.3 is 14.6 Å². The van der Waals surface area contributed by atoms with Crippen LogP contribution in [0.15, 0.2) is 60.8 Å². The van der Waals surface area contributed by atoms with Crippen LogP contribution in [0, 0.1) is 0 Å². The van der Waals surface area contributed by atoms with Crippen LogP contribution in [-0.2, 0) is 16.1 Å². The number of nitrogens with one attached hydrogen (secondary N) is 1. The van der Waals surface area contributed by atoms with E-state index in [9.17, 15) is 9.59 Å².